The molecule has 0 fully saturated rings. The molecule has 2 nitrogen and oxygen atoms in total. The maximum absolute atomic E-state index is 4.55. The van der Waals surface area contributed by atoms with Crippen LogP contribution in [0.4, 0.5) is 0 Å². The minimum atomic E-state index is 1.14. The smallest absolute Gasteiger partial charge is 0.0571 e. The van der Waals surface area contributed by atoms with Crippen LogP contribution < -0.4 is 0 Å². The fourth-order valence-corrected chi connectivity index (χ4v) is 8.57. The van der Waals surface area contributed by atoms with E-state index in [1.54, 1.807) is 0 Å². The van der Waals surface area contributed by atoms with Crippen molar-refractivity contribution >= 4 is 64.9 Å². The van der Waals surface area contributed by atoms with E-state index >= 15 is 0 Å². The summed E-state index contributed by atoms with van der Waals surface area (Å²) in [4.78, 5) is 4.55. The molecule has 11 rings (SSSR count). The summed E-state index contributed by atoms with van der Waals surface area (Å²) in [5.74, 6) is 0. The van der Waals surface area contributed by atoms with Crippen molar-refractivity contribution in [2.45, 2.75) is 0 Å². The first-order valence-corrected chi connectivity index (χ1v) is 18.2. The number of aromatic nitrogens is 2. The first kappa shape index (κ1) is 29.7. The van der Waals surface area contributed by atoms with Gasteiger partial charge in [-0.2, -0.15) is 0 Å². The highest BCUT2D eigenvalue weighted by Gasteiger charge is 2.19. The van der Waals surface area contributed by atoms with E-state index in [0.29, 0.717) is 0 Å². The first-order chi connectivity index (χ1) is 26.3. The number of benzene rings is 9. The summed E-state index contributed by atoms with van der Waals surface area (Å²) in [5.41, 5.74) is 10.8. The van der Waals surface area contributed by atoms with Crippen molar-refractivity contribution in [1.29, 1.82) is 0 Å². The third kappa shape index (κ3) is 4.70. The van der Waals surface area contributed by atoms with Gasteiger partial charge in [0.2, 0.25) is 0 Å². The highest BCUT2D eigenvalue weighted by atomic mass is 15.0. The Morgan fingerprint density at radius 3 is 1.51 bits per heavy atom. The second kappa shape index (κ2) is 11.8. The Morgan fingerprint density at radius 1 is 0.321 bits per heavy atom. The zero-order chi connectivity index (χ0) is 34.9. The van der Waals surface area contributed by atoms with Crippen molar-refractivity contribution in [3.63, 3.8) is 0 Å². The number of fused-ring (bicyclic) bond motifs is 7. The van der Waals surface area contributed by atoms with Crippen LogP contribution >= 0.6 is 0 Å². The van der Waals surface area contributed by atoms with Gasteiger partial charge in [0.25, 0.3) is 0 Å². The Balaban J connectivity index is 1.21. The van der Waals surface area contributed by atoms with Crippen molar-refractivity contribution < 1.29 is 0 Å². The monoisotopic (exact) mass is 672 g/mol. The summed E-state index contributed by atoms with van der Waals surface area (Å²) in [7, 11) is 0. The van der Waals surface area contributed by atoms with Crippen LogP contribution in [-0.4, -0.2) is 9.55 Å². The molecule has 0 bridgehead atoms. The maximum atomic E-state index is 4.55. The lowest BCUT2D eigenvalue weighted by Gasteiger charge is -2.19. The predicted octanol–water partition coefficient (Wildman–Crippen LogP) is 13.8. The lowest BCUT2D eigenvalue weighted by Crippen LogP contribution is -1.93. The van der Waals surface area contributed by atoms with Crippen LogP contribution in [-0.2, 0) is 0 Å². The van der Waals surface area contributed by atoms with Gasteiger partial charge < -0.3 is 4.57 Å². The van der Waals surface area contributed by atoms with Gasteiger partial charge in [-0.3, -0.25) is 4.98 Å². The molecule has 2 heteroatoms. The van der Waals surface area contributed by atoms with Crippen LogP contribution in [0, 0.1) is 0 Å². The minimum absolute atomic E-state index is 1.14. The van der Waals surface area contributed by atoms with Gasteiger partial charge in [0.15, 0.2) is 0 Å². The van der Waals surface area contributed by atoms with Crippen LogP contribution in [0.15, 0.2) is 194 Å². The quantitative estimate of drug-likeness (QED) is 0.170. The lowest BCUT2D eigenvalue weighted by atomic mass is 9.84. The van der Waals surface area contributed by atoms with Crippen LogP contribution in [0.2, 0.25) is 0 Å². The molecule has 0 spiro atoms. The highest BCUT2D eigenvalue weighted by molar-refractivity contribution is 6.23. The van der Waals surface area contributed by atoms with Crippen LogP contribution in [0.1, 0.15) is 0 Å². The van der Waals surface area contributed by atoms with Crippen LogP contribution in [0.5, 0.6) is 0 Å². The second-order valence-electron chi connectivity index (χ2n) is 14.0. The average molecular weight is 673 g/mol. The number of hydrogen-bond donors (Lipinski definition) is 0. The van der Waals surface area contributed by atoms with E-state index in [1.807, 2.05) is 12.4 Å². The molecule has 2 aromatic heterocycles. The third-order valence-electron chi connectivity index (χ3n) is 11.0. The highest BCUT2D eigenvalue weighted by Crippen LogP contribution is 2.46. The average Bonchev–Trinajstić information content (AvgIpc) is 3.56. The Hall–Kier alpha value is -7.03. The molecule has 246 valence electrons. The normalized spacial score (nSPS) is 11.8. The fourth-order valence-electron chi connectivity index (χ4n) is 8.57. The van der Waals surface area contributed by atoms with Gasteiger partial charge in [-0.05, 0) is 125 Å². The number of para-hydroxylation sites is 1. The molecular formula is C51H32N2. The molecule has 0 amide bonds. The third-order valence-corrected chi connectivity index (χ3v) is 11.0. The Bertz CT molecular complexity index is 3220. The molecule has 11 aromatic rings. The predicted molar refractivity (Wildman–Crippen MR) is 225 cm³/mol. The molecular weight excluding hydrogens is 641 g/mol. The summed E-state index contributed by atoms with van der Waals surface area (Å²) < 4.78 is 2.34. The van der Waals surface area contributed by atoms with Gasteiger partial charge in [-0.25, -0.2) is 0 Å². The van der Waals surface area contributed by atoms with Gasteiger partial charge in [0.1, 0.15) is 0 Å². The van der Waals surface area contributed by atoms with E-state index in [4.69, 9.17) is 0 Å². The Morgan fingerprint density at radius 2 is 0.830 bits per heavy atom. The number of pyridine rings is 1. The van der Waals surface area contributed by atoms with E-state index in [2.05, 4.69) is 192 Å². The van der Waals surface area contributed by atoms with Crippen molar-refractivity contribution in [3.05, 3.63) is 194 Å². The molecule has 0 N–H and O–H groups in total. The molecule has 53 heavy (non-hydrogen) atoms. The molecule has 0 radical (unpaired) electrons. The van der Waals surface area contributed by atoms with E-state index in [1.165, 1.54) is 87.4 Å². The molecule has 0 aliphatic heterocycles. The fraction of sp³-hybridized carbons (Fsp3) is 0. The number of rotatable bonds is 4. The molecule has 0 aliphatic rings. The Kier molecular flexibility index (Phi) is 6.59. The molecule has 0 unspecified atom stereocenters. The number of hydrogen-bond acceptors (Lipinski definition) is 1. The summed E-state index contributed by atoms with van der Waals surface area (Å²) >= 11 is 0. The second-order valence-corrected chi connectivity index (χ2v) is 14.0. The van der Waals surface area contributed by atoms with E-state index < -0.39 is 0 Å². The standard InChI is InChI=1S/C51H32N2/c1-2-14-41(15-3-1)53-48-25-23-38(30-45(48)47-32-52-27-26-49(47)53)37-22-24-44-46(31-37)51(40-21-19-34-11-5-7-13-36(34)29-40)43-17-9-8-16-42(43)50(44)39-20-18-33-10-4-6-12-35(33)28-39/h1-32H. The molecule has 0 saturated carbocycles. The summed E-state index contributed by atoms with van der Waals surface area (Å²) in [6.07, 6.45) is 3.89. The zero-order valence-electron chi connectivity index (χ0n) is 28.9. The molecule has 9 aromatic carbocycles. The van der Waals surface area contributed by atoms with Gasteiger partial charge in [-0.1, -0.05) is 133 Å². The van der Waals surface area contributed by atoms with Gasteiger partial charge >= 0.3 is 0 Å². The molecule has 2 heterocycles. The zero-order valence-corrected chi connectivity index (χ0v) is 28.9. The summed E-state index contributed by atoms with van der Waals surface area (Å²) in [6, 6.07) is 66.7. The minimum Gasteiger partial charge on any atom is -0.309 e. The Labute approximate surface area is 306 Å². The molecule has 0 saturated heterocycles. The first-order valence-electron chi connectivity index (χ1n) is 18.2. The maximum Gasteiger partial charge on any atom is 0.0571 e. The van der Waals surface area contributed by atoms with Gasteiger partial charge in [-0.15, -0.1) is 0 Å². The molecule has 0 atom stereocenters. The van der Waals surface area contributed by atoms with E-state index in [-0.39, 0.29) is 0 Å². The summed E-state index contributed by atoms with van der Waals surface area (Å²) in [6.45, 7) is 0. The van der Waals surface area contributed by atoms with Gasteiger partial charge in [0.05, 0.1) is 11.0 Å². The SMILES string of the molecule is c1ccc(-n2c3ccncc3c3cc(-c4ccc5c(-c6ccc7ccccc7c6)c6ccccc6c(-c6ccc7ccccc7c6)c5c4)ccc32)cc1. The lowest BCUT2D eigenvalue weighted by molar-refractivity contribution is 1.17. The van der Waals surface area contributed by atoms with Crippen molar-refractivity contribution in [2.75, 3.05) is 0 Å². The van der Waals surface area contributed by atoms with Crippen molar-refractivity contribution in [3.8, 4) is 39.1 Å². The molecule has 0 aliphatic carbocycles. The topological polar surface area (TPSA) is 17.8 Å². The van der Waals surface area contributed by atoms with Crippen molar-refractivity contribution in [2.24, 2.45) is 0 Å². The van der Waals surface area contributed by atoms with E-state index in [0.717, 1.165) is 16.6 Å². The van der Waals surface area contributed by atoms with E-state index in [9.17, 15) is 0 Å². The van der Waals surface area contributed by atoms with Crippen LogP contribution in [0.25, 0.3) is 104 Å². The summed E-state index contributed by atoms with van der Waals surface area (Å²) in [5, 5.41) is 12.3. The van der Waals surface area contributed by atoms with Crippen LogP contribution in [0.3, 0.4) is 0 Å². The van der Waals surface area contributed by atoms with Crippen molar-refractivity contribution in [1.82, 2.24) is 9.55 Å². The largest absolute Gasteiger partial charge is 0.309 e. The number of nitrogens with zero attached hydrogens (tertiary/aromatic N) is 2. The van der Waals surface area contributed by atoms with Gasteiger partial charge in [0, 0.05) is 28.9 Å².